The average Bonchev–Trinajstić information content (AvgIpc) is 3.21. The number of aromatic nitrogens is 4. The number of thioether (sulfide) groups is 1. The first-order valence-corrected chi connectivity index (χ1v) is 9.85. The molecule has 0 atom stereocenters. The third kappa shape index (κ3) is 6.19. The molecule has 2 aromatic carbocycles. The van der Waals surface area contributed by atoms with Gasteiger partial charge in [-0.3, -0.25) is 4.79 Å². The van der Waals surface area contributed by atoms with Crippen LogP contribution in [0, 0.1) is 11.3 Å². The standard InChI is InChI=1S/C19H15F3N6O2S/c20-19(21,22)30-16-9-7-15(8-10-16)28-18(24-25-26-28)31-13-17(29)27(12-4-11-23)14-5-2-1-3-6-14/h1-3,5-10H,4,12-13H2. The molecule has 160 valence electrons. The first kappa shape index (κ1) is 22.1. The van der Waals surface area contributed by atoms with Gasteiger partial charge in [-0.2, -0.15) is 9.94 Å². The zero-order chi connectivity index (χ0) is 22.3. The normalized spacial score (nSPS) is 11.0. The topological polar surface area (TPSA) is 96.9 Å². The molecule has 0 aliphatic heterocycles. The van der Waals surface area contributed by atoms with Crippen molar-refractivity contribution >= 4 is 23.4 Å². The van der Waals surface area contributed by atoms with Crippen molar-refractivity contribution in [1.29, 1.82) is 5.26 Å². The van der Waals surface area contributed by atoms with Gasteiger partial charge in [0.1, 0.15) is 5.75 Å². The molecule has 1 amide bonds. The maximum atomic E-state index is 12.8. The monoisotopic (exact) mass is 448 g/mol. The number of hydrogen-bond acceptors (Lipinski definition) is 7. The number of nitriles is 1. The molecular weight excluding hydrogens is 433 g/mol. The zero-order valence-electron chi connectivity index (χ0n) is 15.9. The zero-order valence-corrected chi connectivity index (χ0v) is 16.7. The summed E-state index contributed by atoms with van der Waals surface area (Å²) in [5.74, 6) is -0.615. The average molecular weight is 448 g/mol. The third-order valence-corrected chi connectivity index (χ3v) is 4.80. The fourth-order valence-corrected chi connectivity index (χ4v) is 3.36. The Balaban J connectivity index is 1.69. The lowest BCUT2D eigenvalue weighted by Gasteiger charge is -2.21. The number of alkyl halides is 3. The number of anilines is 1. The van der Waals surface area contributed by atoms with Gasteiger partial charge in [0.05, 0.1) is 23.9 Å². The minimum absolute atomic E-state index is 0.00400. The van der Waals surface area contributed by atoms with Gasteiger partial charge in [0, 0.05) is 12.2 Å². The molecule has 1 aromatic heterocycles. The second-order valence-corrected chi connectivity index (χ2v) is 6.94. The van der Waals surface area contributed by atoms with Gasteiger partial charge in [-0.25, -0.2) is 0 Å². The molecule has 3 aromatic rings. The van der Waals surface area contributed by atoms with E-state index in [1.807, 2.05) is 12.1 Å². The Morgan fingerprint density at radius 1 is 1.16 bits per heavy atom. The number of carbonyl (C=O) groups is 1. The van der Waals surface area contributed by atoms with Crippen LogP contribution in [0.25, 0.3) is 5.69 Å². The Morgan fingerprint density at radius 2 is 1.87 bits per heavy atom. The van der Waals surface area contributed by atoms with Gasteiger partial charge < -0.3 is 9.64 Å². The Kier molecular flexibility index (Phi) is 7.09. The van der Waals surface area contributed by atoms with E-state index in [0.717, 1.165) is 23.9 Å². The molecule has 31 heavy (non-hydrogen) atoms. The van der Waals surface area contributed by atoms with Crippen molar-refractivity contribution in [3.8, 4) is 17.5 Å². The van der Waals surface area contributed by atoms with Gasteiger partial charge >= 0.3 is 6.36 Å². The van der Waals surface area contributed by atoms with Crippen LogP contribution >= 0.6 is 11.8 Å². The number of tetrazole rings is 1. The molecule has 0 unspecified atom stereocenters. The maximum Gasteiger partial charge on any atom is 0.573 e. The van der Waals surface area contributed by atoms with Crippen LogP contribution in [0.2, 0.25) is 0 Å². The highest BCUT2D eigenvalue weighted by molar-refractivity contribution is 7.99. The van der Waals surface area contributed by atoms with Crippen molar-refractivity contribution in [2.75, 3.05) is 17.2 Å². The van der Waals surface area contributed by atoms with E-state index >= 15 is 0 Å². The van der Waals surface area contributed by atoms with Crippen molar-refractivity contribution in [1.82, 2.24) is 20.2 Å². The van der Waals surface area contributed by atoms with E-state index in [4.69, 9.17) is 5.26 Å². The van der Waals surface area contributed by atoms with Crippen molar-refractivity contribution in [2.45, 2.75) is 17.9 Å². The highest BCUT2D eigenvalue weighted by Crippen LogP contribution is 2.25. The van der Waals surface area contributed by atoms with Crippen LogP contribution in [0.4, 0.5) is 18.9 Å². The highest BCUT2D eigenvalue weighted by Gasteiger charge is 2.31. The Labute approximate surface area is 179 Å². The van der Waals surface area contributed by atoms with E-state index in [2.05, 4.69) is 20.3 Å². The van der Waals surface area contributed by atoms with E-state index in [9.17, 15) is 18.0 Å². The number of para-hydroxylation sites is 1. The van der Waals surface area contributed by atoms with E-state index in [-0.39, 0.29) is 35.5 Å². The van der Waals surface area contributed by atoms with Crippen molar-refractivity contribution < 1.29 is 22.7 Å². The van der Waals surface area contributed by atoms with Gasteiger partial charge in [-0.15, -0.1) is 18.3 Å². The molecular formula is C19H15F3N6O2S. The summed E-state index contributed by atoms with van der Waals surface area (Å²) in [6.45, 7) is 0.242. The van der Waals surface area contributed by atoms with Crippen LogP contribution in [0.15, 0.2) is 59.8 Å². The second-order valence-electron chi connectivity index (χ2n) is 5.99. The van der Waals surface area contributed by atoms with E-state index in [0.29, 0.717) is 11.4 Å². The molecule has 8 nitrogen and oxygen atoms in total. The summed E-state index contributed by atoms with van der Waals surface area (Å²) < 4.78 is 42.1. The second kappa shape index (κ2) is 9.94. The predicted octanol–water partition coefficient (Wildman–Crippen LogP) is 3.60. The third-order valence-electron chi connectivity index (χ3n) is 3.90. The van der Waals surface area contributed by atoms with E-state index < -0.39 is 6.36 Å². The number of hydrogen-bond donors (Lipinski definition) is 0. The van der Waals surface area contributed by atoms with Gasteiger partial charge in [0.15, 0.2) is 0 Å². The molecule has 0 saturated heterocycles. The highest BCUT2D eigenvalue weighted by atomic mass is 32.2. The minimum Gasteiger partial charge on any atom is -0.406 e. The number of ether oxygens (including phenoxy) is 1. The molecule has 12 heteroatoms. The van der Waals surface area contributed by atoms with Crippen LogP contribution < -0.4 is 9.64 Å². The van der Waals surface area contributed by atoms with Crippen LogP contribution in [0.5, 0.6) is 5.75 Å². The summed E-state index contributed by atoms with van der Waals surface area (Å²) in [5.41, 5.74) is 1.07. The molecule has 0 fully saturated rings. The van der Waals surface area contributed by atoms with Gasteiger partial charge in [-0.1, -0.05) is 30.0 Å². The first-order valence-electron chi connectivity index (χ1n) is 8.87. The largest absolute Gasteiger partial charge is 0.573 e. The van der Waals surface area contributed by atoms with Crippen LogP contribution in [0.3, 0.4) is 0 Å². The van der Waals surface area contributed by atoms with Gasteiger partial charge in [0.25, 0.3) is 0 Å². The molecule has 0 N–H and O–H groups in total. The summed E-state index contributed by atoms with van der Waals surface area (Å²) in [6.07, 6.45) is -4.61. The molecule has 0 aliphatic rings. The molecule has 0 radical (unpaired) electrons. The van der Waals surface area contributed by atoms with Crippen LogP contribution in [-0.4, -0.2) is 44.8 Å². The van der Waals surface area contributed by atoms with Crippen molar-refractivity contribution in [3.05, 3.63) is 54.6 Å². The number of carbonyl (C=O) groups excluding carboxylic acids is 1. The molecule has 3 rings (SSSR count). The quantitative estimate of drug-likeness (QED) is 0.486. The number of halogens is 3. The summed E-state index contributed by atoms with van der Waals surface area (Å²) in [5, 5.41) is 20.4. The van der Waals surface area contributed by atoms with Gasteiger partial charge in [0.2, 0.25) is 11.1 Å². The molecule has 0 spiro atoms. The smallest absolute Gasteiger partial charge is 0.406 e. The summed E-state index contributed by atoms with van der Waals surface area (Å²) in [7, 11) is 0. The molecule has 0 saturated carbocycles. The lowest BCUT2D eigenvalue weighted by atomic mass is 10.2. The Morgan fingerprint density at radius 3 is 2.52 bits per heavy atom. The number of benzene rings is 2. The number of nitrogens with zero attached hydrogens (tertiary/aromatic N) is 6. The van der Waals surface area contributed by atoms with Crippen LogP contribution in [-0.2, 0) is 4.79 Å². The molecule has 0 bridgehead atoms. The Hall–Kier alpha value is -3.59. The predicted molar refractivity (Wildman–Crippen MR) is 106 cm³/mol. The van der Waals surface area contributed by atoms with E-state index in [1.165, 1.54) is 21.7 Å². The number of rotatable bonds is 8. The lowest BCUT2D eigenvalue weighted by Crippen LogP contribution is -2.33. The first-order chi connectivity index (χ1) is 14.9. The lowest BCUT2D eigenvalue weighted by molar-refractivity contribution is -0.274. The summed E-state index contributed by atoms with van der Waals surface area (Å²) in [6, 6.07) is 16.0. The van der Waals surface area contributed by atoms with Crippen LogP contribution in [0.1, 0.15) is 6.42 Å². The number of amides is 1. The van der Waals surface area contributed by atoms with Crippen molar-refractivity contribution in [2.24, 2.45) is 0 Å². The molecule has 1 heterocycles. The maximum absolute atomic E-state index is 12.8. The summed E-state index contributed by atoms with van der Waals surface area (Å²) >= 11 is 1.07. The fraction of sp³-hybridized carbons (Fsp3) is 0.211. The Bertz CT molecular complexity index is 1050. The fourth-order valence-electron chi connectivity index (χ4n) is 2.59. The SMILES string of the molecule is N#CCCN(C(=O)CSc1nnnn1-c1ccc(OC(F)(F)F)cc1)c1ccccc1. The minimum atomic E-state index is -4.78. The molecule has 0 aliphatic carbocycles. The van der Waals surface area contributed by atoms with Gasteiger partial charge in [-0.05, 0) is 46.8 Å². The van der Waals surface area contributed by atoms with E-state index in [1.54, 1.807) is 24.3 Å². The van der Waals surface area contributed by atoms with Crippen molar-refractivity contribution in [3.63, 3.8) is 0 Å². The summed E-state index contributed by atoms with van der Waals surface area (Å²) in [4.78, 5) is 14.3.